The maximum atomic E-state index is 5.79. The standard InChI is InChI=1S/C22H30N2O4/c1-3-4-11-25-12-5-6-13-26-19-9-7-18(8-10-19)21-23-14-20(15-24-21)27-16-22(2)17-28-22/h7-10,14-15H,3-6,11-13,16-17H2,1-2H3/t22-/m1/s1. The number of hydrogen-bond acceptors (Lipinski definition) is 6. The number of aromatic nitrogens is 2. The maximum Gasteiger partial charge on any atom is 0.159 e. The second-order valence-corrected chi connectivity index (χ2v) is 7.32. The van der Waals surface area contributed by atoms with Crippen LogP contribution in [-0.4, -0.2) is 48.6 Å². The third kappa shape index (κ3) is 6.77. The van der Waals surface area contributed by atoms with Crippen LogP contribution < -0.4 is 9.47 Å². The Hall–Kier alpha value is -2.18. The molecule has 0 aliphatic carbocycles. The second-order valence-electron chi connectivity index (χ2n) is 7.32. The van der Waals surface area contributed by atoms with E-state index in [4.69, 9.17) is 18.9 Å². The van der Waals surface area contributed by atoms with Crippen molar-refractivity contribution in [2.75, 3.05) is 33.0 Å². The second kappa shape index (κ2) is 10.4. The van der Waals surface area contributed by atoms with E-state index in [1.807, 2.05) is 31.2 Å². The van der Waals surface area contributed by atoms with Crippen LogP contribution >= 0.6 is 0 Å². The highest BCUT2D eigenvalue weighted by molar-refractivity contribution is 5.56. The van der Waals surface area contributed by atoms with Crippen LogP contribution in [0.3, 0.4) is 0 Å². The van der Waals surface area contributed by atoms with E-state index in [1.54, 1.807) is 12.4 Å². The van der Waals surface area contributed by atoms with Gasteiger partial charge in [0, 0.05) is 18.8 Å². The molecule has 0 unspecified atom stereocenters. The fourth-order valence-corrected chi connectivity index (χ4v) is 2.53. The summed E-state index contributed by atoms with van der Waals surface area (Å²) < 4.78 is 22.3. The van der Waals surface area contributed by atoms with E-state index in [2.05, 4.69) is 16.9 Å². The molecule has 1 aromatic carbocycles. The fourth-order valence-electron chi connectivity index (χ4n) is 2.53. The van der Waals surface area contributed by atoms with Crippen molar-refractivity contribution >= 4 is 0 Å². The topological polar surface area (TPSA) is 66.0 Å². The lowest BCUT2D eigenvalue weighted by atomic mass is 10.2. The molecule has 0 saturated carbocycles. The van der Waals surface area contributed by atoms with E-state index in [0.717, 1.165) is 50.4 Å². The highest BCUT2D eigenvalue weighted by Crippen LogP contribution is 2.27. The lowest BCUT2D eigenvalue weighted by molar-refractivity contribution is 0.123. The number of benzene rings is 1. The van der Waals surface area contributed by atoms with Crippen molar-refractivity contribution < 1.29 is 18.9 Å². The third-order valence-electron chi connectivity index (χ3n) is 4.52. The van der Waals surface area contributed by atoms with Crippen LogP contribution in [0.1, 0.15) is 39.5 Å². The predicted octanol–water partition coefficient (Wildman–Crippen LogP) is 4.29. The van der Waals surface area contributed by atoms with E-state index in [9.17, 15) is 0 Å². The van der Waals surface area contributed by atoms with Crippen molar-refractivity contribution in [3.8, 4) is 22.9 Å². The van der Waals surface area contributed by atoms with Gasteiger partial charge in [0.05, 0.1) is 25.6 Å². The molecule has 1 aromatic heterocycles. The Morgan fingerprint density at radius 1 is 0.929 bits per heavy atom. The van der Waals surface area contributed by atoms with Crippen LogP contribution in [0.2, 0.25) is 0 Å². The van der Waals surface area contributed by atoms with Crippen LogP contribution in [0.4, 0.5) is 0 Å². The first-order chi connectivity index (χ1) is 13.7. The molecule has 1 aliphatic rings. The van der Waals surface area contributed by atoms with Crippen molar-refractivity contribution in [3.63, 3.8) is 0 Å². The number of nitrogens with zero attached hydrogens (tertiary/aromatic N) is 2. The van der Waals surface area contributed by atoms with Gasteiger partial charge < -0.3 is 18.9 Å². The first kappa shape index (κ1) is 20.6. The van der Waals surface area contributed by atoms with Gasteiger partial charge in [0.25, 0.3) is 0 Å². The van der Waals surface area contributed by atoms with Gasteiger partial charge in [-0.3, -0.25) is 0 Å². The maximum absolute atomic E-state index is 5.79. The zero-order valence-electron chi connectivity index (χ0n) is 16.9. The molecule has 0 spiro atoms. The van der Waals surface area contributed by atoms with Crippen molar-refractivity contribution in [1.29, 1.82) is 0 Å². The Morgan fingerprint density at radius 3 is 2.29 bits per heavy atom. The van der Waals surface area contributed by atoms with Gasteiger partial charge in [-0.05, 0) is 50.5 Å². The summed E-state index contributed by atoms with van der Waals surface area (Å²) in [5.41, 5.74) is 0.803. The largest absolute Gasteiger partial charge is 0.494 e. The van der Waals surface area contributed by atoms with Gasteiger partial charge in [-0.25, -0.2) is 9.97 Å². The molecule has 0 amide bonds. The molecule has 3 rings (SSSR count). The summed E-state index contributed by atoms with van der Waals surface area (Å²) in [5, 5.41) is 0. The highest BCUT2D eigenvalue weighted by Gasteiger charge is 2.40. The summed E-state index contributed by atoms with van der Waals surface area (Å²) >= 11 is 0. The van der Waals surface area contributed by atoms with Crippen molar-refractivity contribution in [1.82, 2.24) is 9.97 Å². The smallest absolute Gasteiger partial charge is 0.159 e. The fraction of sp³-hybridized carbons (Fsp3) is 0.545. The van der Waals surface area contributed by atoms with Crippen molar-refractivity contribution in [2.24, 2.45) is 0 Å². The van der Waals surface area contributed by atoms with E-state index < -0.39 is 0 Å². The first-order valence-electron chi connectivity index (χ1n) is 10.1. The Balaban J connectivity index is 1.37. The van der Waals surface area contributed by atoms with E-state index in [-0.39, 0.29) is 5.60 Å². The van der Waals surface area contributed by atoms with Gasteiger partial charge in [-0.2, -0.15) is 0 Å². The average Bonchev–Trinajstić information content (AvgIpc) is 3.47. The Bertz CT molecular complexity index is 699. The van der Waals surface area contributed by atoms with Crippen LogP contribution in [0.25, 0.3) is 11.4 Å². The van der Waals surface area contributed by atoms with Crippen LogP contribution in [-0.2, 0) is 9.47 Å². The van der Waals surface area contributed by atoms with Gasteiger partial charge in [0.2, 0.25) is 0 Å². The number of hydrogen-bond donors (Lipinski definition) is 0. The van der Waals surface area contributed by atoms with Gasteiger partial charge in [-0.15, -0.1) is 0 Å². The summed E-state index contributed by atoms with van der Waals surface area (Å²) in [5.74, 6) is 2.17. The molecule has 1 atom stereocenters. The van der Waals surface area contributed by atoms with E-state index in [1.165, 1.54) is 6.42 Å². The summed E-state index contributed by atoms with van der Waals surface area (Å²) in [7, 11) is 0. The van der Waals surface area contributed by atoms with Crippen molar-refractivity contribution in [3.05, 3.63) is 36.7 Å². The molecule has 0 bridgehead atoms. The molecule has 1 aliphatic heterocycles. The molecular weight excluding hydrogens is 356 g/mol. The molecule has 28 heavy (non-hydrogen) atoms. The van der Waals surface area contributed by atoms with Gasteiger partial charge in [-0.1, -0.05) is 13.3 Å². The Labute approximate surface area is 167 Å². The van der Waals surface area contributed by atoms with Gasteiger partial charge >= 0.3 is 0 Å². The number of ether oxygens (including phenoxy) is 4. The molecule has 2 heterocycles. The number of unbranched alkanes of at least 4 members (excludes halogenated alkanes) is 2. The first-order valence-corrected chi connectivity index (χ1v) is 10.1. The van der Waals surface area contributed by atoms with E-state index in [0.29, 0.717) is 24.8 Å². The van der Waals surface area contributed by atoms with E-state index >= 15 is 0 Å². The molecule has 1 fully saturated rings. The Morgan fingerprint density at radius 2 is 1.61 bits per heavy atom. The van der Waals surface area contributed by atoms with Gasteiger partial charge in [0.15, 0.2) is 11.6 Å². The van der Waals surface area contributed by atoms with Crippen LogP contribution in [0.15, 0.2) is 36.7 Å². The minimum absolute atomic E-state index is 0.142. The highest BCUT2D eigenvalue weighted by atomic mass is 16.6. The molecule has 0 radical (unpaired) electrons. The minimum atomic E-state index is -0.142. The summed E-state index contributed by atoms with van der Waals surface area (Å²) in [6.07, 6.45) is 7.72. The van der Waals surface area contributed by atoms with Crippen LogP contribution in [0.5, 0.6) is 11.5 Å². The predicted molar refractivity (Wildman–Crippen MR) is 108 cm³/mol. The molecule has 152 valence electrons. The third-order valence-corrected chi connectivity index (χ3v) is 4.52. The monoisotopic (exact) mass is 386 g/mol. The number of epoxide rings is 1. The normalized spacial score (nSPS) is 18.1. The average molecular weight is 386 g/mol. The molecule has 6 heteroatoms. The van der Waals surface area contributed by atoms with Gasteiger partial charge in [0.1, 0.15) is 18.0 Å². The summed E-state index contributed by atoms with van der Waals surface area (Å²) in [6, 6.07) is 7.84. The summed E-state index contributed by atoms with van der Waals surface area (Å²) in [6.45, 7) is 7.83. The summed E-state index contributed by atoms with van der Waals surface area (Å²) in [4.78, 5) is 8.77. The molecule has 6 nitrogen and oxygen atoms in total. The number of rotatable bonds is 13. The lowest BCUT2D eigenvalue weighted by Crippen LogP contribution is -2.17. The molecule has 0 N–H and O–H groups in total. The minimum Gasteiger partial charge on any atom is -0.494 e. The molecule has 2 aromatic rings. The Kier molecular flexibility index (Phi) is 7.62. The zero-order chi connectivity index (χ0) is 19.7. The van der Waals surface area contributed by atoms with Crippen LogP contribution in [0, 0.1) is 0 Å². The van der Waals surface area contributed by atoms with Crippen molar-refractivity contribution in [2.45, 2.75) is 45.1 Å². The lowest BCUT2D eigenvalue weighted by Gasteiger charge is -2.09. The quantitative estimate of drug-likeness (QED) is 0.378. The zero-order valence-corrected chi connectivity index (χ0v) is 16.9. The molecule has 1 saturated heterocycles. The SMILES string of the molecule is CCCCOCCCCOc1ccc(-c2ncc(OC[C@]3(C)CO3)cn2)cc1. The molecular formula is C22H30N2O4.